The van der Waals surface area contributed by atoms with Gasteiger partial charge in [-0.1, -0.05) is 30.3 Å². The van der Waals surface area contributed by atoms with Crippen molar-refractivity contribution < 1.29 is 4.65 Å². The van der Waals surface area contributed by atoms with E-state index >= 15 is 0 Å². The Labute approximate surface area is 86.3 Å². The molecule has 14 heavy (non-hydrogen) atoms. The van der Waals surface area contributed by atoms with Crippen LogP contribution in [0.15, 0.2) is 30.3 Å². The fourth-order valence-electron chi connectivity index (χ4n) is 1.17. The first-order valence-electron chi connectivity index (χ1n) is 4.93. The van der Waals surface area contributed by atoms with E-state index in [4.69, 9.17) is 0 Å². The van der Waals surface area contributed by atoms with E-state index in [9.17, 15) is 5.21 Å². The number of hydrogen-bond donors (Lipinski definition) is 0. The Morgan fingerprint density at radius 1 is 1.14 bits per heavy atom. The second-order valence-electron chi connectivity index (χ2n) is 4.92. The van der Waals surface area contributed by atoms with Gasteiger partial charge in [0, 0.05) is 5.56 Å². The summed E-state index contributed by atoms with van der Waals surface area (Å²) in [6.45, 7) is 6.46. The summed E-state index contributed by atoms with van der Waals surface area (Å²) in [4.78, 5) is 0. The predicted molar refractivity (Wildman–Crippen MR) is 59.5 cm³/mol. The van der Waals surface area contributed by atoms with E-state index < -0.39 is 0 Å². The highest BCUT2D eigenvalue weighted by Crippen LogP contribution is 2.23. The van der Waals surface area contributed by atoms with Crippen LogP contribution in [0, 0.1) is 5.21 Å². The summed E-state index contributed by atoms with van der Waals surface area (Å²) in [6.07, 6.45) is 0. The molecule has 2 heteroatoms. The first-order chi connectivity index (χ1) is 6.33. The highest BCUT2D eigenvalue weighted by Gasteiger charge is 2.27. The Bertz CT molecular complexity index is 285. The molecule has 2 nitrogen and oxygen atoms in total. The van der Waals surface area contributed by atoms with Crippen molar-refractivity contribution in [3.05, 3.63) is 41.1 Å². The fraction of sp³-hybridized carbons (Fsp3) is 0.500. The molecule has 1 aromatic carbocycles. The number of rotatable bonds is 2. The zero-order chi connectivity index (χ0) is 10.8. The molecule has 0 aliphatic carbocycles. The van der Waals surface area contributed by atoms with Gasteiger partial charge in [-0.3, -0.25) is 0 Å². The van der Waals surface area contributed by atoms with Crippen LogP contribution in [0.3, 0.4) is 0 Å². The number of benzene rings is 1. The molecule has 0 aliphatic rings. The summed E-state index contributed by atoms with van der Waals surface area (Å²) in [5.74, 6) is 0. The molecule has 0 unspecified atom stereocenters. The molecular formula is C12H19NO. The van der Waals surface area contributed by atoms with E-state index in [1.807, 2.05) is 51.1 Å². The van der Waals surface area contributed by atoms with Crippen molar-refractivity contribution >= 4 is 0 Å². The predicted octanol–water partition coefficient (Wildman–Crippen LogP) is 2.93. The highest BCUT2D eigenvalue weighted by atomic mass is 16.5. The van der Waals surface area contributed by atoms with Crippen LogP contribution in [0.5, 0.6) is 0 Å². The standard InChI is InChI=1S/C12H19NO/c1-12(2,3)13(4,14)10-11-8-6-5-7-9-11/h5-9H,10H2,1-4H3/t13-/m0/s1. The van der Waals surface area contributed by atoms with Gasteiger partial charge in [-0.05, 0) is 20.8 Å². The molecule has 0 saturated carbocycles. The summed E-state index contributed by atoms with van der Waals surface area (Å²) < 4.78 is -0.239. The van der Waals surface area contributed by atoms with Gasteiger partial charge < -0.3 is 9.85 Å². The van der Waals surface area contributed by atoms with Crippen LogP contribution < -0.4 is 0 Å². The normalized spacial score (nSPS) is 16.4. The van der Waals surface area contributed by atoms with Crippen molar-refractivity contribution in [2.45, 2.75) is 32.9 Å². The molecule has 1 atom stereocenters. The number of quaternary nitrogens is 1. The molecule has 0 saturated heterocycles. The van der Waals surface area contributed by atoms with Crippen LogP contribution in [0.2, 0.25) is 0 Å². The van der Waals surface area contributed by atoms with E-state index in [-0.39, 0.29) is 10.2 Å². The summed E-state index contributed by atoms with van der Waals surface area (Å²) in [7, 11) is 1.73. The van der Waals surface area contributed by atoms with Crippen LogP contribution in [-0.4, -0.2) is 17.2 Å². The maximum absolute atomic E-state index is 12.2. The Morgan fingerprint density at radius 3 is 2.07 bits per heavy atom. The van der Waals surface area contributed by atoms with Gasteiger partial charge in [-0.25, -0.2) is 0 Å². The van der Waals surface area contributed by atoms with E-state index in [1.165, 1.54) is 0 Å². The molecule has 0 fully saturated rings. The molecule has 0 aliphatic heterocycles. The number of hydroxylamine groups is 3. The fourth-order valence-corrected chi connectivity index (χ4v) is 1.17. The molecule has 0 heterocycles. The quantitative estimate of drug-likeness (QED) is 0.523. The third-order valence-electron chi connectivity index (χ3n) is 2.75. The van der Waals surface area contributed by atoms with E-state index in [0.29, 0.717) is 6.54 Å². The molecule has 0 spiro atoms. The van der Waals surface area contributed by atoms with Crippen molar-refractivity contribution in [3.63, 3.8) is 0 Å². The van der Waals surface area contributed by atoms with E-state index in [1.54, 1.807) is 7.05 Å². The minimum Gasteiger partial charge on any atom is -0.632 e. The summed E-state index contributed by atoms with van der Waals surface area (Å²) in [6, 6.07) is 9.91. The minimum atomic E-state index is -0.268. The third-order valence-corrected chi connectivity index (χ3v) is 2.75. The topological polar surface area (TPSA) is 23.1 Å². The average Bonchev–Trinajstić information content (AvgIpc) is 2.03. The Balaban J connectivity index is 2.79. The minimum absolute atomic E-state index is 0.239. The van der Waals surface area contributed by atoms with Crippen molar-refractivity contribution in [1.82, 2.24) is 0 Å². The maximum Gasteiger partial charge on any atom is 0.104 e. The maximum atomic E-state index is 12.2. The van der Waals surface area contributed by atoms with Gasteiger partial charge in [-0.15, -0.1) is 0 Å². The molecule has 0 N–H and O–H groups in total. The van der Waals surface area contributed by atoms with Crippen molar-refractivity contribution in [1.29, 1.82) is 0 Å². The monoisotopic (exact) mass is 193 g/mol. The lowest BCUT2D eigenvalue weighted by Crippen LogP contribution is -2.51. The molecule has 0 amide bonds. The molecular weight excluding hydrogens is 174 g/mol. The molecule has 1 rings (SSSR count). The zero-order valence-corrected chi connectivity index (χ0v) is 9.45. The lowest BCUT2D eigenvalue weighted by molar-refractivity contribution is -0.920. The van der Waals surface area contributed by atoms with Gasteiger partial charge >= 0.3 is 0 Å². The Kier molecular flexibility index (Phi) is 2.98. The smallest absolute Gasteiger partial charge is 0.104 e. The van der Waals surface area contributed by atoms with Crippen LogP contribution in [-0.2, 0) is 6.54 Å². The van der Waals surface area contributed by atoms with Gasteiger partial charge in [0.25, 0.3) is 0 Å². The van der Waals surface area contributed by atoms with Gasteiger partial charge in [0.15, 0.2) is 0 Å². The van der Waals surface area contributed by atoms with Crippen LogP contribution in [0.4, 0.5) is 0 Å². The summed E-state index contributed by atoms with van der Waals surface area (Å²) in [5.41, 5.74) is 0.829. The second-order valence-corrected chi connectivity index (χ2v) is 4.92. The molecule has 1 aromatic rings. The van der Waals surface area contributed by atoms with E-state index in [2.05, 4.69) is 0 Å². The first-order valence-corrected chi connectivity index (χ1v) is 4.93. The summed E-state index contributed by atoms with van der Waals surface area (Å²) in [5, 5.41) is 12.2. The number of hydrogen-bond acceptors (Lipinski definition) is 1. The van der Waals surface area contributed by atoms with Gasteiger partial charge in [0.1, 0.15) is 6.54 Å². The molecule has 0 aromatic heterocycles. The van der Waals surface area contributed by atoms with Gasteiger partial charge in [0.05, 0.1) is 12.6 Å². The lowest BCUT2D eigenvalue weighted by Gasteiger charge is -2.49. The first kappa shape index (κ1) is 11.2. The van der Waals surface area contributed by atoms with Crippen LogP contribution >= 0.6 is 0 Å². The summed E-state index contributed by atoms with van der Waals surface area (Å²) >= 11 is 0. The van der Waals surface area contributed by atoms with Crippen molar-refractivity contribution in [2.75, 3.05) is 7.05 Å². The van der Waals surface area contributed by atoms with E-state index in [0.717, 1.165) is 5.56 Å². The zero-order valence-electron chi connectivity index (χ0n) is 9.45. The highest BCUT2D eigenvalue weighted by molar-refractivity contribution is 5.13. The SMILES string of the molecule is CC(C)(C)[N@@+](C)([O-])Cc1ccccc1. The average molecular weight is 193 g/mol. The molecule has 78 valence electrons. The second kappa shape index (κ2) is 3.71. The van der Waals surface area contributed by atoms with Crippen LogP contribution in [0.1, 0.15) is 26.3 Å². The largest absolute Gasteiger partial charge is 0.632 e. The van der Waals surface area contributed by atoms with Gasteiger partial charge in [0.2, 0.25) is 0 Å². The number of nitrogens with zero attached hydrogens (tertiary/aromatic N) is 1. The molecule has 0 bridgehead atoms. The Morgan fingerprint density at radius 2 is 1.64 bits per heavy atom. The van der Waals surface area contributed by atoms with Crippen molar-refractivity contribution in [2.24, 2.45) is 0 Å². The van der Waals surface area contributed by atoms with Crippen LogP contribution in [0.25, 0.3) is 0 Å². The molecule has 0 radical (unpaired) electrons. The Hall–Kier alpha value is -0.860. The van der Waals surface area contributed by atoms with Crippen molar-refractivity contribution in [3.8, 4) is 0 Å². The third kappa shape index (κ3) is 2.56. The lowest BCUT2D eigenvalue weighted by atomic mass is 10.0. The van der Waals surface area contributed by atoms with Gasteiger partial charge in [-0.2, -0.15) is 0 Å².